The monoisotopic (exact) mass is 408 g/mol. The summed E-state index contributed by atoms with van der Waals surface area (Å²) in [5.74, 6) is 0.700. The highest BCUT2D eigenvalue weighted by atomic mass is 32.1. The molecule has 1 aliphatic rings. The quantitative estimate of drug-likeness (QED) is 0.578. The zero-order valence-corrected chi connectivity index (χ0v) is 17.7. The van der Waals surface area contributed by atoms with Crippen LogP contribution in [-0.4, -0.2) is 64.5 Å². The average Bonchev–Trinajstić information content (AvgIpc) is 3.25. The molecule has 1 saturated heterocycles. The number of hydrogen-bond acceptors (Lipinski definition) is 7. The number of nitrogens with one attached hydrogen (secondary N) is 1. The van der Waals surface area contributed by atoms with Gasteiger partial charge in [-0.15, -0.1) is 11.3 Å². The molecule has 3 aromatic rings. The van der Waals surface area contributed by atoms with E-state index in [0.717, 1.165) is 56.4 Å². The van der Waals surface area contributed by atoms with Gasteiger partial charge in [-0.1, -0.05) is 30.3 Å². The van der Waals surface area contributed by atoms with Crippen LogP contribution in [0.5, 0.6) is 0 Å². The van der Waals surface area contributed by atoms with E-state index in [0.29, 0.717) is 11.9 Å². The van der Waals surface area contributed by atoms with Gasteiger partial charge in [0.05, 0.1) is 5.69 Å². The van der Waals surface area contributed by atoms with Crippen LogP contribution in [0.1, 0.15) is 23.7 Å². The van der Waals surface area contributed by atoms with E-state index in [2.05, 4.69) is 72.8 Å². The number of hydrogen-bond donors (Lipinski definition) is 1. The molecule has 2 aromatic heterocycles. The Hall–Kier alpha value is -2.19. The summed E-state index contributed by atoms with van der Waals surface area (Å²) in [7, 11) is 2.22. The van der Waals surface area contributed by atoms with Gasteiger partial charge in [-0.2, -0.15) is 0 Å². The van der Waals surface area contributed by atoms with Crippen LogP contribution < -0.4 is 5.32 Å². The van der Waals surface area contributed by atoms with Crippen LogP contribution in [0, 0.1) is 0 Å². The van der Waals surface area contributed by atoms with Crippen LogP contribution in [0.2, 0.25) is 0 Å². The predicted molar refractivity (Wildman–Crippen MR) is 118 cm³/mol. The molecule has 4 rings (SSSR count). The Morgan fingerprint density at radius 1 is 1.10 bits per heavy atom. The Kier molecular flexibility index (Phi) is 6.95. The number of benzene rings is 1. The lowest BCUT2D eigenvalue weighted by molar-refractivity contribution is 0.0888. The molecule has 0 amide bonds. The van der Waals surface area contributed by atoms with Crippen LogP contribution in [0.4, 0.5) is 0 Å². The van der Waals surface area contributed by atoms with Crippen molar-refractivity contribution in [2.75, 3.05) is 39.8 Å². The van der Waals surface area contributed by atoms with E-state index in [1.54, 1.807) is 23.7 Å². The molecule has 0 unspecified atom stereocenters. The first-order valence-electron chi connectivity index (χ1n) is 10.2. The second-order valence-electron chi connectivity index (χ2n) is 7.47. The van der Waals surface area contributed by atoms with Crippen molar-refractivity contribution in [1.82, 2.24) is 30.1 Å². The SMILES string of the molecule is CN1CCN(CCCNCc2csc(-c3ncccn3)n2)[C@H](c2ccccc2)C1. The summed E-state index contributed by atoms with van der Waals surface area (Å²) in [5, 5.41) is 6.50. The molecule has 6 nitrogen and oxygen atoms in total. The summed E-state index contributed by atoms with van der Waals surface area (Å²) >= 11 is 1.60. The van der Waals surface area contributed by atoms with Crippen LogP contribution >= 0.6 is 11.3 Å². The average molecular weight is 409 g/mol. The van der Waals surface area contributed by atoms with Crippen molar-refractivity contribution in [1.29, 1.82) is 0 Å². The molecule has 0 aliphatic carbocycles. The highest BCUT2D eigenvalue weighted by molar-refractivity contribution is 7.13. The van der Waals surface area contributed by atoms with Crippen LogP contribution in [0.3, 0.4) is 0 Å². The Bertz CT molecular complexity index is 869. The van der Waals surface area contributed by atoms with Gasteiger partial charge in [-0.25, -0.2) is 15.0 Å². The van der Waals surface area contributed by atoms with Crippen molar-refractivity contribution in [3.8, 4) is 10.8 Å². The van der Waals surface area contributed by atoms with Gasteiger partial charge in [-0.05, 0) is 31.6 Å². The zero-order valence-electron chi connectivity index (χ0n) is 16.9. The second-order valence-corrected chi connectivity index (χ2v) is 8.33. The lowest BCUT2D eigenvalue weighted by atomic mass is 10.0. The first-order valence-corrected chi connectivity index (χ1v) is 11.1. The minimum absolute atomic E-state index is 0.488. The highest BCUT2D eigenvalue weighted by Crippen LogP contribution is 2.24. The van der Waals surface area contributed by atoms with Crippen molar-refractivity contribution < 1.29 is 0 Å². The third kappa shape index (κ3) is 5.45. The van der Waals surface area contributed by atoms with Crippen molar-refractivity contribution in [2.24, 2.45) is 0 Å². The maximum Gasteiger partial charge on any atom is 0.188 e. The third-order valence-corrected chi connectivity index (χ3v) is 6.18. The largest absolute Gasteiger partial charge is 0.311 e. The van der Waals surface area contributed by atoms with Crippen molar-refractivity contribution in [3.05, 3.63) is 65.4 Å². The first-order chi connectivity index (χ1) is 14.3. The fourth-order valence-electron chi connectivity index (χ4n) is 3.74. The van der Waals surface area contributed by atoms with Gasteiger partial charge < -0.3 is 10.2 Å². The van der Waals surface area contributed by atoms with Crippen molar-refractivity contribution in [2.45, 2.75) is 19.0 Å². The fraction of sp³-hybridized carbons (Fsp3) is 0.409. The molecule has 0 bridgehead atoms. The summed E-state index contributed by atoms with van der Waals surface area (Å²) in [6.45, 7) is 6.25. The predicted octanol–water partition coefficient (Wildman–Crippen LogP) is 3.07. The summed E-state index contributed by atoms with van der Waals surface area (Å²) in [5.41, 5.74) is 2.48. The minimum atomic E-state index is 0.488. The molecule has 1 aromatic carbocycles. The maximum absolute atomic E-state index is 4.64. The second kappa shape index (κ2) is 10.0. The molecule has 1 fully saturated rings. The van der Waals surface area contributed by atoms with E-state index in [9.17, 15) is 0 Å². The summed E-state index contributed by atoms with van der Waals surface area (Å²) < 4.78 is 0. The molecule has 0 spiro atoms. The van der Waals surface area contributed by atoms with Gasteiger partial charge in [-0.3, -0.25) is 4.90 Å². The van der Waals surface area contributed by atoms with Gasteiger partial charge in [0.15, 0.2) is 10.8 Å². The molecule has 1 atom stereocenters. The molecule has 3 heterocycles. The zero-order chi connectivity index (χ0) is 19.9. The van der Waals surface area contributed by atoms with Gasteiger partial charge in [0.25, 0.3) is 0 Å². The smallest absolute Gasteiger partial charge is 0.188 e. The van der Waals surface area contributed by atoms with Gasteiger partial charge >= 0.3 is 0 Å². The molecule has 1 aliphatic heterocycles. The maximum atomic E-state index is 4.64. The van der Waals surface area contributed by atoms with E-state index in [4.69, 9.17) is 0 Å². The van der Waals surface area contributed by atoms with Crippen molar-refractivity contribution >= 4 is 11.3 Å². The molecule has 29 heavy (non-hydrogen) atoms. The van der Waals surface area contributed by atoms with E-state index in [1.165, 1.54) is 5.56 Å². The topological polar surface area (TPSA) is 57.2 Å². The number of thiazole rings is 1. The molecular formula is C22H28N6S. The Morgan fingerprint density at radius 3 is 2.76 bits per heavy atom. The first kappa shape index (κ1) is 20.1. The van der Waals surface area contributed by atoms with E-state index < -0.39 is 0 Å². The number of piperazine rings is 1. The molecule has 0 saturated carbocycles. The van der Waals surface area contributed by atoms with Gasteiger partial charge in [0, 0.05) is 56.5 Å². The normalized spacial score (nSPS) is 18.2. The number of rotatable bonds is 8. The summed E-state index contributed by atoms with van der Waals surface area (Å²) in [6, 6.07) is 13.2. The van der Waals surface area contributed by atoms with Crippen LogP contribution in [0.25, 0.3) is 10.8 Å². The number of aromatic nitrogens is 3. The number of likely N-dealkylation sites (N-methyl/N-ethyl adjacent to an activating group) is 1. The Labute approximate surface area is 176 Å². The molecule has 1 N–H and O–H groups in total. The Balaban J connectivity index is 1.23. The van der Waals surface area contributed by atoms with Crippen molar-refractivity contribution in [3.63, 3.8) is 0 Å². The summed E-state index contributed by atoms with van der Waals surface area (Å²) in [4.78, 5) is 18.2. The highest BCUT2D eigenvalue weighted by Gasteiger charge is 2.25. The molecule has 152 valence electrons. The molecule has 0 radical (unpaired) electrons. The van der Waals surface area contributed by atoms with Crippen LogP contribution in [0.15, 0.2) is 54.2 Å². The van der Waals surface area contributed by atoms with E-state index in [-0.39, 0.29) is 0 Å². The van der Waals surface area contributed by atoms with Gasteiger partial charge in [0.2, 0.25) is 0 Å². The third-order valence-electron chi connectivity index (χ3n) is 5.29. The minimum Gasteiger partial charge on any atom is -0.311 e. The standard InChI is InChI=1S/C22H28N6S/c1-27-13-14-28(20(16-27)18-7-3-2-4-8-18)12-6-9-23-15-19-17-29-22(26-19)21-24-10-5-11-25-21/h2-5,7-8,10-11,17,20,23H,6,9,12-16H2,1H3/t20-/m0/s1. The Morgan fingerprint density at radius 2 is 1.93 bits per heavy atom. The molecule has 7 heteroatoms. The number of nitrogens with zero attached hydrogens (tertiary/aromatic N) is 5. The fourth-order valence-corrected chi connectivity index (χ4v) is 4.50. The lowest BCUT2D eigenvalue weighted by Crippen LogP contribution is -2.47. The molecular weight excluding hydrogens is 380 g/mol. The lowest BCUT2D eigenvalue weighted by Gasteiger charge is -2.40. The van der Waals surface area contributed by atoms with E-state index in [1.807, 2.05) is 6.07 Å². The summed E-state index contributed by atoms with van der Waals surface area (Å²) in [6.07, 6.45) is 4.64. The van der Waals surface area contributed by atoms with E-state index >= 15 is 0 Å². The van der Waals surface area contributed by atoms with Gasteiger partial charge in [0.1, 0.15) is 0 Å². The van der Waals surface area contributed by atoms with Crippen LogP contribution in [-0.2, 0) is 6.54 Å².